The highest BCUT2D eigenvalue weighted by Gasteiger charge is 2.35. The molecule has 1 saturated carbocycles. The minimum absolute atomic E-state index is 0.476. The molecule has 0 atom stereocenters. The summed E-state index contributed by atoms with van der Waals surface area (Å²) in [6.07, 6.45) is 13.7. The van der Waals surface area contributed by atoms with Crippen molar-refractivity contribution in [3.8, 4) is 0 Å². The van der Waals surface area contributed by atoms with E-state index < -0.39 is 0 Å². The van der Waals surface area contributed by atoms with Gasteiger partial charge in [0.2, 0.25) is 0 Å². The molecule has 0 saturated heterocycles. The highest BCUT2D eigenvalue weighted by molar-refractivity contribution is 5.38. The lowest BCUT2D eigenvalue weighted by molar-refractivity contribution is 0.360. The summed E-state index contributed by atoms with van der Waals surface area (Å²) >= 11 is 0. The summed E-state index contributed by atoms with van der Waals surface area (Å²) in [5.74, 6) is 0. The summed E-state index contributed by atoms with van der Waals surface area (Å²) in [5.41, 5.74) is 7.46. The monoisotopic (exact) mass is 328 g/mol. The van der Waals surface area contributed by atoms with Gasteiger partial charge in [0, 0.05) is 0 Å². The van der Waals surface area contributed by atoms with E-state index in [1.54, 1.807) is 11.1 Å². The van der Waals surface area contributed by atoms with Crippen molar-refractivity contribution in [1.29, 1.82) is 0 Å². The smallest absolute Gasteiger partial charge is 0.0274 e. The average molecular weight is 329 g/mol. The van der Waals surface area contributed by atoms with Gasteiger partial charge < -0.3 is 0 Å². The van der Waals surface area contributed by atoms with Crippen LogP contribution in [0.3, 0.4) is 0 Å². The first kappa shape index (κ1) is 19.5. The number of rotatable bonds is 9. The molecular formula is C24H40. The van der Waals surface area contributed by atoms with Gasteiger partial charge in [-0.3, -0.25) is 0 Å². The Kier molecular flexibility index (Phi) is 6.57. The molecule has 0 heteroatoms. The van der Waals surface area contributed by atoms with Crippen molar-refractivity contribution >= 4 is 0 Å². The Labute approximate surface area is 151 Å². The van der Waals surface area contributed by atoms with E-state index in [-0.39, 0.29) is 0 Å². The first-order chi connectivity index (χ1) is 11.2. The van der Waals surface area contributed by atoms with Gasteiger partial charge in [0.05, 0.1) is 0 Å². The van der Waals surface area contributed by atoms with Crippen LogP contribution in [0.4, 0.5) is 0 Å². The van der Waals surface area contributed by atoms with Gasteiger partial charge in [0.25, 0.3) is 0 Å². The van der Waals surface area contributed by atoms with Gasteiger partial charge in [-0.1, -0.05) is 58.2 Å². The van der Waals surface area contributed by atoms with Crippen molar-refractivity contribution in [2.75, 3.05) is 0 Å². The lowest BCUT2D eigenvalue weighted by atomic mass is 9.87. The Morgan fingerprint density at radius 2 is 1.58 bits per heavy atom. The van der Waals surface area contributed by atoms with Crippen molar-refractivity contribution in [2.45, 2.75) is 106 Å². The Bertz CT molecular complexity index is 526. The molecule has 0 aromatic heterocycles. The standard InChI is InChI=1S/C24H40/c1-19-17-20(2)22(12-8-10-14-24(6)15-16-24)21(18-19)11-7-9-13-23(3,4)5/h17-18H,7-16H2,1-6H3. The lowest BCUT2D eigenvalue weighted by Gasteiger charge is -2.19. The number of unbranched alkanes of at least 4 members (excludes halogenated alkanes) is 2. The Morgan fingerprint density at radius 1 is 0.917 bits per heavy atom. The SMILES string of the molecule is Cc1cc(C)c(CCCCC2(C)CC2)c(CCCCC(C)(C)C)c1. The molecular weight excluding hydrogens is 288 g/mol. The first-order valence-electron chi connectivity index (χ1n) is 10.3. The maximum absolute atomic E-state index is 2.46. The van der Waals surface area contributed by atoms with Gasteiger partial charge in [0.1, 0.15) is 0 Å². The second-order valence-electron chi connectivity index (χ2n) is 10.0. The molecule has 136 valence electrons. The highest BCUT2D eigenvalue weighted by Crippen LogP contribution is 2.49. The molecule has 0 bridgehead atoms. The van der Waals surface area contributed by atoms with Gasteiger partial charge in [-0.05, 0) is 92.7 Å². The second-order valence-corrected chi connectivity index (χ2v) is 10.0. The maximum atomic E-state index is 2.46. The van der Waals surface area contributed by atoms with Crippen LogP contribution in [-0.2, 0) is 12.8 Å². The molecule has 0 unspecified atom stereocenters. The van der Waals surface area contributed by atoms with E-state index in [4.69, 9.17) is 0 Å². The van der Waals surface area contributed by atoms with E-state index in [2.05, 4.69) is 53.7 Å². The van der Waals surface area contributed by atoms with Crippen molar-refractivity contribution in [3.63, 3.8) is 0 Å². The topological polar surface area (TPSA) is 0 Å². The lowest BCUT2D eigenvalue weighted by Crippen LogP contribution is -2.05. The summed E-state index contributed by atoms with van der Waals surface area (Å²) in [6, 6.07) is 4.85. The fourth-order valence-corrected chi connectivity index (χ4v) is 3.95. The molecule has 0 nitrogen and oxygen atoms in total. The van der Waals surface area contributed by atoms with Gasteiger partial charge in [-0.15, -0.1) is 0 Å². The molecule has 1 aliphatic carbocycles. The molecule has 0 amide bonds. The zero-order valence-electron chi connectivity index (χ0n) is 17.2. The molecule has 0 heterocycles. The van der Waals surface area contributed by atoms with Gasteiger partial charge >= 0.3 is 0 Å². The first-order valence-corrected chi connectivity index (χ1v) is 10.3. The summed E-state index contributed by atoms with van der Waals surface area (Å²) in [4.78, 5) is 0. The van der Waals surface area contributed by atoms with Gasteiger partial charge in [-0.2, -0.15) is 0 Å². The van der Waals surface area contributed by atoms with Gasteiger partial charge in [-0.25, -0.2) is 0 Å². The van der Waals surface area contributed by atoms with Crippen molar-refractivity contribution in [2.24, 2.45) is 10.8 Å². The van der Waals surface area contributed by atoms with Crippen molar-refractivity contribution in [1.82, 2.24) is 0 Å². The van der Waals surface area contributed by atoms with E-state index in [1.807, 2.05) is 0 Å². The molecule has 1 aromatic rings. The third kappa shape index (κ3) is 6.61. The molecule has 0 aliphatic heterocycles. The highest BCUT2D eigenvalue weighted by atomic mass is 14.4. The quantitative estimate of drug-likeness (QED) is 0.410. The largest absolute Gasteiger partial charge is 0.0602 e. The van der Waals surface area contributed by atoms with Crippen LogP contribution in [0.1, 0.15) is 101 Å². The average Bonchev–Trinajstić information content (AvgIpc) is 3.18. The second kappa shape index (κ2) is 8.07. The number of aryl methyl sites for hydroxylation is 3. The minimum Gasteiger partial charge on any atom is -0.0602 e. The Balaban J connectivity index is 1.87. The molecule has 0 N–H and O–H groups in total. The van der Waals surface area contributed by atoms with Crippen LogP contribution in [-0.4, -0.2) is 0 Å². The molecule has 1 aromatic carbocycles. The predicted octanol–water partition coefficient (Wildman–Crippen LogP) is 7.58. The summed E-state index contributed by atoms with van der Waals surface area (Å²) in [6.45, 7) is 14.1. The zero-order valence-corrected chi connectivity index (χ0v) is 17.2. The maximum Gasteiger partial charge on any atom is -0.0274 e. The predicted molar refractivity (Wildman–Crippen MR) is 108 cm³/mol. The molecule has 1 aliphatic rings. The van der Waals surface area contributed by atoms with Crippen molar-refractivity contribution in [3.05, 3.63) is 34.4 Å². The Hall–Kier alpha value is -0.780. The molecule has 0 radical (unpaired) electrons. The summed E-state index contributed by atoms with van der Waals surface area (Å²) in [5, 5.41) is 0. The van der Waals surface area contributed by atoms with Crippen LogP contribution < -0.4 is 0 Å². The minimum atomic E-state index is 0.476. The van der Waals surface area contributed by atoms with Crippen molar-refractivity contribution < 1.29 is 0 Å². The third-order valence-electron chi connectivity index (χ3n) is 5.89. The van der Waals surface area contributed by atoms with E-state index >= 15 is 0 Å². The molecule has 2 rings (SSSR count). The zero-order chi connectivity index (χ0) is 17.8. The number of hydrogen-bond donors (Lipinski definition) is 0. The van der Waals surface area contributed by atoms with Crippen LogP contribution in [0.5, 0.6) is 0 Å². The number of hydrogen-bond acceptors (Lipinski definition) is 0. The molecule has 1 fully saturated rings. The van der Waals surface area contributed by atoms with Gasteiger partial charge in [0.15, 0.2) is 0 Å². The fraction of sp³-hybridized carbons (Fsp3) is 0.750. The van der Waals surface area contributed by atoms with E-state index in [0.29, 0.717) is 5.41 Å². The normalized spacial score (nSPS) is 16.4. The van der Waals surface area contributed by atoms with Crippen LogP contribution in [0, 0.1) is 24.7 Å². The molecule has 0 spiro atoms. The summed E-state index contributed by atoms with van der Waals surface area (Å²) in [7, 11) is 0. The summed E-state index contributed by atoms with van der Waals surface area (Å²) < 4.78 is 0. The Morgan fingerprint density at radius 3 is 2.21 bits per heavy atom. The number of benzene rings is 1. The van der Waals surface area contributed by atoms with E-state index in [1.165, 1.54) is 75.3 Å². The van der Waals surface area contributed by atoms with E-state index in [0.717, 1.165) is 5.41 Å². The van der Waals surface area contributed by atoms with Crippen LogP contribution in [0.2, 0.25) is 0 Å². The van der Waals surface area contributed by atoms with Crippen LogP contribution in [0.25, 0.3) is 0 Å². The fourth-order valence-electron chi connectivity index (χ4n) is 3.95. The molecule has 24 heavy (non-hydrogen) atoms. The third-order valence-corrected chi connectivity index (χ3v) is 5.89. The van der Waals surface area contributed by atoms with Crippen LogP contribution >= 0.6 is 0 Å². The van der Waals surface area contributed by atoms with Crippen LogP contribution in [0.15, 0.2) is 12.1 Å². The van der Waals surface area contributed by atoms with E-state index in [9.17, 15) is 0 Å².